The molecule has 2 aliphatic heterocycles. The van der Waals surface area contributed by atoms with Crippen molar-refractivity contribution in [1.29, 1.82) is 0 Å². The molecule has 1 spiro atoms. The Hall–Kier alpha value is -0.0300. The summed E-state index contributed by atoms with van der Waals surface area (Å²) in [6.45, 7) is 1.41. The van der Waals surface area contributed by atoms with Gasteiger partial charge >= 0.3 is 0 Å². The fourth-order valence-electron chi connectivity index (χ4n) is 2.11. The fraction of sp³-hybridized carbons (Fsp3) is 0.455. The monoisotopic (exact) mass is 286 g/mol. The van der Waals surface area contributed by atoms with Gasteiger partial charge in [0.25, 0.3) is 0 Å². The summed E-state index contributed by atoms with van der Waals surface area (Å²) in [7, 11) is 0. The number of halogens is 1. The molecule has 15 heavy (non-hydrogen) atoms. The average Bonchev–Trinajstić information content (AvgIpc) is 2.69. The van der Waals surface area contributed by atoms with Crippen molar-refractivity contribution in [2.75, 3.05) is 19.0 Å². The number of thioether (sulfide) groups is 1. The van der Waals surface area contributed by atoms with E-state index in [0.29, 0.717) is 13.2 Å². The van der Waals surface area contributed by atoms with Crippen LogP contribution in [-0.4, -0.2) is 19.0 Å². The third kappa shape index (κ3) is 1.64. The van der Waals surface area contributed by atoms with E-state index in [1.165, 1.54) is 10.5 Å². The summed E-state index contributed by atoms with van der Waals surface area (Å²) in [6.07, 6.45) is 0.946. The normalized spacial score (nSPS) is 23.0. The van der Waals surface area contributed by atoms with Crippen molar-refractivity contribution >= 4 is 27.7 Å². The van der Waals surface area contributed by atoms with Crippen LogP contribution >= 0.6 is 27.7 Å². The van der Waals surface area contributed by atoms with E-state index in [1.54, 1.807) is 0 Å². The van der Waals surface area contributed by atoms with Crippen LogP contribution in [0.15, 0.2) is 27.6 Å². The molecule has 80 valence electrons. The van der Waals surface area contributed by atoms with Crippen LogP contribution in [0, 0.1) is 0 Å². The Morgan fingerprint density at radius 2 is 2.07 bits per heavy atom. The molecule has 2 nitrogen and oxygen atoms in total. The maximum atomic E-state index is 5.81. The summed E-state index contributed by atoms with van der Waals surface area (Å²) in [4.78, 5) is 1.28. The summed E-state index contributed by atoms with van der Waals surface area (Å²) in [6, 6.07) is 6.32. The summed E-state index contributed by atoms with van der Waals surface area (Å²) >= 11 is 5.38. The minimum atomic E-state index is -0.454. The summed E-state index contributed by atoms with van der Waals surface area (Å²) < 4.78 is 12.7. The van der Waals surface area contributed by atoms with E-state index >= 15 is 0 Å². The maximum Gasteiger partial charge on any atom is 0.196 e. The number of fused-ring (bicyclic) bond motifs is 2. The topological polar surface area (TPSA) is 18.5 Å². The zero-order valence-electron chi connectivity index (χ0n) is 8.16. The van der Waals surface area contributed by atoms with E-state index in [9.17, 15) is 0 Å². The van der Waals surface area contributed by atoms with Gasteiger partial charge in [0.05, 0.1) is 13.2 Å². The van der Waals surface area contributed by atoms with E-state index in [1.807, 2.05) is 11.8 Å². The Morgan fingerprint density at radius 1 is 1.27 bits per heavy atom. The lowest BCUT2D eigenvalue weighted by Crippen LogP contribution is -2.31. The molecule has 0 radical (unpaired) electrons. The van der Waals surface area contributed by atoms with Crippen LogP contribution in [0.25, 0.3) is 0 Å². The Bertz CT molecular complexity index is 388. The van der Waals surface area contributed by atoms with Gasteiger partial charge < -0.3 is 9.47 Å². The van der Waals surface area contributed by atoms with Gasteiger partial charge in [-0.15, -0.1) is 11.8 Å². The molecule has 1 aromatic rings. The van der Waals surface area contributed by atoms with Crippen molar-refractivity contribution in [2.24, 2.45) is 0 Å². The SMILES string of the molecule is Brc1ccc2c(c1)C1(CCS2)OCCO1. The van der Waals surface area contributed by atoms with Gasteiger partial charge in [-0.3, -0.25) is 0 Å². The molecule has 0 aromatic heterocycles. The molecular weight excluding hydrogens is 276 g/mol. The van der Waals surface area contributed by atoms with E-state index in [4.69, 9.17) is 9.47 Å². The van der Waals surface area contributed by atoms with Gasteiger partial charge in [0.15, 0.2) is 5.79 Å². The van der Waals surface area contributed by atoms with Gasteiger partial charge in [0, 0.05) is 27.1 Å². The standard InChI is InChI=1S/C11H11BrO2S/c12-8-1-2-10-9(7-8)11(3-6-15-10)13-4-5-14-11/h1-2,7H,3-6H2. The minimum Gasteiger partial charge on any atom is -0.343 e. The third-order valence-electron chi connectivity index (χ3n) is 2.79. The Labute approximate surface area is 101 Å². The van der Waals surface area contributed by atoms with Crippen molar-refractivity contribution < 1.29 is 9.47 Å². The van der Waals surface area contributed by atoms with Gasteiger partial charge in [0.2, 0.25) is 0 Å². The Balaban J connectivity index is 2.12. The van der Waals surface area contributed by atoms with Crippen molar-refractivity contribution in [3.63, 3.8) is 0 Å². The number of rotatable bonds is 0. The molecule has 0 amide bonds. The van der Waals surface area contributed by atoms with Gasteiger partial charge in [-0.05, 0) is 18.2 Å². The molecule has 0 unspecified atom stereocenters. The van der Waals surface area contributed by atoms with Crippen molar-refractivity contribution in [3.05, 3.63) is 28.2 Å². The highest BCUT2D eigenvalue weighted by atomic mass is 79.9. The molecule has 1 aromatic carbocycles. The van der Waals surface area contributed by atoms with Gasteiger partial charge in [-0.1, -0.05) is 15.9 Å². The molecule has 0 N–H and O–H groups in total. The molecule has 0 bridgehead atoms. The first-order chi connectivity index (χ1) is 7.30. The summed E-state index contributed by atoms with van der Waals surface area (Å²) in [5.74, 6) is 0.610. The molecular formula is C11H11BrO2S. The second kappa shape index (κ2) is 3.77. The van der Waals surface area contributed by atoms with Gasteiger partial charge in [0.1, 0.15) is 0 Å². The minimum absolute atomic E-state index is 0.454. The molecule has 2 aliphatic rings. The van der Waals surface area contributed by atoms with Gasteiger partial charge in [-0.2, -0.15) is 0 Å². The first-order valence-corrected chi connectivity index (χ1v) is 6.79. The van der Waals surface area contributed by atoms with Crippen molar-refractivity contribution in [1.82, 2.24) is 0 Å². The number of hydrogen-bond donors (Lipinski definition) is 0. The molecule has 3 rings (SSSR count). The first kappa shape index (κ1) is 10.1. The molecule has 0 atom stereocenters. The lowest BCUT2D eigenvalue weighted by Gasteiger charge is -2.33. The molecule has 2 heterocycles. The Morgan fingerprint density at radius 3 is 2.87 bits per heavy atom. The number of hydrogen-bond acceptors (Lipinski definition) is 3. The predicted octanol–water partition coefficient (Wildman–Crippen LogP) is 3.14. The maximum absolute atomic E-state index is 5.81. The van der Waals surface area contributed by atoms with Crippen LogP contribution < -0.4 is 0 Å². The fourth-order valence-corrected chi connectivity index (χ4v) is 3.60. The highest BCUT2D eigenvalue weighted by molar-refractivity contribution is 9.10. The van der Waals surface area contributed by atoms with Crippen molar-refractivity contribution in [3.8, 4) is 0 Å². The summed E-state index contributed by atoms with van der Waals surface area (Å²) in [5, 5.41) is 0. The summed E-state index contributed by atoms with van der Waals surface area (Å²) in [5.41, 5.74) is 1.19. The molecule has 0 saturated carbocycles. The van der Waals surface area contributed by atoms with Crippen molar-refractivity contribution in [2.45, 2.75) is 17.1 Å². The van der Waals surface area contributed by atoms with Crippen LogP contribution in [-0.2, 0) is 15.3 Å². The lowest BCUT2D eigenvalue weighted by atomic mass is 10.0. The number of ether oxygens (including phenoxy) is 2. The lowest BCUT2D eigenvalue weighted by molar-refractivity contribution is -0.169. The molecule has 0 aliphatic carbocycles. The van der Waals surface area contributed by atoms with Crippen LogP contribution in [0.3, 0.4) is 0 Å². The number of benzene rings is 1. The first-order valence-electron chi connectivity index (χ1n) is 5.01. The molecule has 1 saturated heterocycles. The highest BCUT2D eigenvalue weighted by Crippen LogP contribution is 2.46. The predicted molar refractivity (Wildman–Crippen MR) is 63.1 cm³/mol. The van der Waals surface area contributed by atoms with Crippen LogP contribution in [0.4, 0.5) is 0 Å². The van der Waals surface area contributed by atoms with E-state index in [-0.39, 0.29) is 0 Å². The quantitative estimate of drug-likeness (QED) is 0.730. The smallest absolute Gasteiger partial charge is 0.196 e. The second-order valence-electron chi connectivity index (χ2n) is 3.69. The van der Waals surface area contributed by atoms with Crippen LogP contribution in [0.5, 0.6) is 0 Å². The average molecular weight is 287 g/mol. The zero-order valence-corrected chi connectivity index (χ0v) is 10.6. The van der Waals surface area contributed by atoms with E-state index in [2.05, 4.69) is 34.1 Å². The van der Waals surface area contributed by atoms with Gasteiger partial charge in [-0.25, -0.2) is 0 Å². The van der Waals surface area contributed by atoms with Crippen LogP contribution in [0.1, 0.15) is 12.0 Å². The third-order valence-corrected chi connectivity index (χ3v) is 4.36. The zero-order chi connectivity index (χ0) is 10.3. The van der Waals surface area contributed by atoms with Crippen LogP contribution in [0.2, 0.25) is 0 Å². The van der Waals surface area contributed by atoms with E-state index < -0.39 is 5.79 Å². The van der Waals surface area contributed by atoms with E-state index in [0.717, 1.165) is 16.6 Å². The highest BCUT2D eigenvalue weighted by Gasteiger charge is 2.42. The molecule has 1 fully saturated rings. The molecule has 4 heteroatoms. The largest absolute Gasteiger partial charge is 0.343 e. The Kier molecular flexibility index (Phi) is 2.55. The second-order valence-corrected chi connectivity index (χ2v) is 5.74.